The van der Waals surface area contributed by atoms with Gasteiger partial charge in [0, 0.05) is 24.5 Å². The first-order valence-corrected chi connectivity index (χ1v) is 10.1. The molecule has 0 saturated heterocycles. The number of hydrogen-bond donors (Lipinski definition) is 2. The molecule has 2 aromatic heterocycles. The average molecular weight is 413 g/mol. The van der Waals surface area contributed by atoms with Crippen LogP contribution in [0.5, 0.6) is 0 Å². The molecule has 0 unspecified atom stereocenters. The fourth-order valence-electron chi connectivity index (χ4n) is 2.91. The predicted molar refractivity (Wildman–Crippen MR) is 109 cm³/mol. The molecule has 1 aromatic carbocycles. The van der Waals surface area contributed by atoms with Crippen LogP contribution in [0.4, 0.5) is 15.9 Å². The normalized spacial score (nSPS) is 13.3. The van der Waals surface area contributed by atoms with Gasteiger partial charge in [-0.2, -0.15) is 5.10 Å². The second-order valence-electron chi connectivity index (χ2n) is 7.17. The van der Waals surface area contributed by atoms with Crippen molar-refractivity contribution < 1.29 is 14.0 Å². The van der Waals surface area contributed by atoms with E-state index in [0.717, 1.165) is 11.6 Å². The first-order valence-electron chi connectivity index (χ1n) is 9.28. The van der Waals surface area contributed by atoms with Crippen LogP contribution in [0.2, 0.25) is 0 Å². The molecule has 2 N–H and O–H groups in total. The molecule has 1 aliphatic carbocycles. The van der Waals surface area contributed by atoms with E-state index < -0.39 is 11.7 Å². The Morgan fingerprint density at radius 1 is 1.24 bits per heavy atom. The maximum Gasteiger partial charge on any atom is 0.267 e. The number of halogens is 1. The lowest BCUT2D eigenvalue weighted by Crippen LogP contribution is -2.17. The van der Waals surface area contributed by atoms with Gasteiger partial charge in [-0.25, -0.2) is 9.37 Å². The molecule has 0 spiro atoms. The number of carbonyl (C=O) groups excluding carboxylic acids is 2. The molecular formula is C20H20FN5O2S. The minimum atomic E-state index is -0.663. The van der Waals surface area contributed by atoms with Crippen molar-refractivity contribution in [2.75, 3.05) is 10.6 Å². The van der Waals surface area contributed by atoms with Crippen molar-refractivity contribution in [1.82, 2.24) is 14.8 Å². The van der Waals surface area contributed by atoms with Crippen LogP contribution in [0.25, 0.3) is 0 Å². The summed E-state index contributed by atoms with van der Waals surface area (Å²) in [7, 11) is 0. The van der Waals surface area contributed by atoms with Crippen LogP contribution >= 0.6 is 11.3 Å². The van der Waals surface area contributed by atoms with Crippen molar-refractivity contribution in [3.8, 4) is 0 Å². The number of thiazole rings is 1. The molecule has 0 bridgehead atoms. The number of nitrogens with one attached hydrogen (secondary N) is 2. The molecule has 2 amide bonds. The number of carbonyl (C=O) groups is 2. The number of rotatable bonds is 6. The number of aromatic nitrogens is 3. The van der Waals surface area contributed by atoms with Crippen molar-refractivity contribution in [2.24, 2.45) is 5.92 Å². The van der Waals surface area contributed by atoms with Gasteiger partial charge in [-0.3, -0.25) is 14.3 Å². The Hall–Kier alpha value is -3.07. The van der Waals surface area contributed by atoms with Crippen LogP contribution in [-0.2, 0) is 6.54 Å². The molecule has 0 aliphatic heterocycles. The highest BCUT2D eigenvalue weighted by Gasteiger charge is 2.22. The van der Waals surface area contributed by atoms with E-state index in [2.05, 4.69) is 20.7 Å². The predicted octanol–water partition coefficient (Wildman–Crippen LogP) is 4.01. The first kappa shape index (κ1) is 19.3. The third-order valence-electron chi connectivity index (χ3n) is 4.68. The van der Waals surface area contributed by atoms with Gasteiger partial charge in [0.1, 0.15) is 10.7 Å². The summed E-state index contributed by atoms with van der Waals surface area (Å²) < 4.78 is 16.2. The van der Waals surface area contributed by atoms with Crippen LogP contribution in [0, 0.1) is 25.6 Å². The lowest BCUT2D eigenvalue weighted by Gasteiger charge is -2.11. The first-order chi connectivity index (χ1) is 13.9. The largest absolute Gasteiger partial charge is 0.321 e. The molecule has 9 heteroatoms. The smallest absolute Gasteiger partial charge is 0.267 e. The van der Waals surface area contributed by atoms with Crippen LogP contribution in [0.3, 0.4) is 0 Å². The summed E-state index contributed by atoms with van der Waals surface area (Å²) in [6.45, 7) is 4.29. The van der Waals surface area contributed by atoms with Gasteiger partial charge in [0.05, 0.1) is 16.8 Å². The van der Waals surface area contributed by atoms with Gasteiger partial charge in [0.25, 0.3) is 11.8 Å². The van der Waals surface area contributed by atoms with Gasteiger partial charge in [0.15, 0.2) is 5.82 Å². The maximum atomic E-state index is 14.4. The number of nitrogens with zero attached hydrogens (tertiary/aromatic N) is 3. The topological polar surface area (TPSA) is 88.9 Å². The van der Waals surface area contributed by atoms with E-state index in [9.17, 15) is 14.0 Å². The zero-order chi connectivity index (χ0) is 20.5. The Kier molecular flexibility index (Phi) is 5.14. The van der Waals surface area contributed by atoms with Crippen molar-refractivity contribution in [3.05, 3.63) is 57.4 Å². The number of amides is 2. The minimum absolute atomic E-state index is 0.164. The summed E-state index contributed by atoms with van der Waals surface area (Å²) in [5.74, 6) is -0.620. The Morgan fingerprint density at radius 3 is 2.72 bits per heavy atom. The number of aryl methyl sites for hydroxylation is 2. The molecule has 3 aromatic rings. The fraction of sp³-hybridized carbons (Fsp3) is 0.300. The highest BCUT2D eigenvalue weighted by atomic mass is 32.1. The standard InChI is InChI=1S/C20H20FN5O2S/c1-11-7-15(21)14(8-16(11)23-20(28)17-9-22-12(2)29-17)19(27)24-18-5-6-26(25-18)10-13-3-4-13/h5-9,13H,3-4,10H2,1-2H3,(H,23,28)(H,24,25,27). The minimum Gasteiger partial charge on any atom is -0.321 e. The quantitative estimate of drug-likeness (QED) is 0.639. The van der Waals surface area contributed by atoms with Gasteiger partial charge in [-0.1, -0.05) is 0 Å². The Bertz CT molecular complexity index is 1090. The van der Waals surface area contributed by atoms with E-state index in [-0.39, 0.29) is 11.5 Å². The summed E-state index contributed by atoms with van der Waals surface area (Å²) in [4.78, 5) is 29.5. The van der Waals surface area contributed by atoms with Crippen molar-refractivity contribution in [1.29, 1.82) is 0 Å². The van der Waals surface area contributed by atoms with Gasteiger partial charge in [-0.15, -0.1) is 11.3 Å². The van der Waals surface area contributed by atoms with E-state index in [1.807, 2.05) is 0 Å². The molecule has 7 nitrogen and oxygen atoms in total. The van der Waals surface area contributed by atoms with E-state index in [0.29, 0.717) is 27.9 Å². The van der Waals surface area contributed by atoms with Gasteiger partial charge >= 0.3 is 0 Å². The molecule has 1 saturated carbocycles. The van der Waals surface area contributed by atoms with E-state index in [1.165, 1.54) is 42.5 Å². The maximum absolute atomic E-state index is 14.4. The van der Waals surface area contributed by atoms with E-state index in [4.69, 9.17) is 0 Å². The monoisotopic (exact) mass is 413 g/mol. The molecule has 0 atom stereocenters. The van der Waals surface area contributed by atoms with Gasteiger partial charge in [0.2, 0.25) is 0 Å². The third-order valence-corrected chi connectivity index (χ3v) is 5.59. The number of hydrogen-bond acceptors (Lipinski definition) is 5. The Labute approximate surface area is 171 Å². The highest BCUT2D eigenvalue weighted by molar-refractivity contribution is 7.13. The molecule has 1 aliphatic rings. The van der Waals surface area contributed by atoms with Crippen LogP contribution in [0.1, 0.15) is 43.4 Å². The lowest BCUT2D eigenvalue weighted by atomic mass is 10.1. The summed E-state index contributed by atoms with van der Waals surface area (Å²) in [6, 6.07) is 4.25. The molecule has 29 heavy (non-hydrogen) atoms. The lowest BCUT2D eigenvalue weighted by molar-refractivity contribution is 0.101. The van der Waals surface area contributed by atoms with Crippen molar-refractivity contribution in [3.63, 3.8) is 0 Å². The number of anilines is 2. The van der Waals surface area contributed by atoms with Crippen molar-refractivity contribution in [2.45, 2.75) is 33.2 Å². The van der Waals surface area contributed by atoms with E-state index >= 15 is 0 Å². The van der Waals surface area contributed by atoms with Crippen LogP contribution < -0.4 is 10.6 Å². The van der Waals surface area contributed by atoms with Gasteiger partial charge in [-0.05, 0) is 50.3 Å². The second kappa shape index (κ2) is 7.75. The highest BCUT2D eigenvalue weighted by Crippen LogP contribution is 2.30. The number of benzene rings is 1. The molecular weight excluding hydrogens is 393 g/mol. The van der Waals surface area contributed by atoms with Gasteiger partial charge < -0.3 is 10.6 Å². The molecule has 150 valence electrons. The summed E-state index contributed by atoms with van der Waals surface area (Å²) >= 11 is 1.26. The summed E-state index contributed by atoms with van der Waals surface area (Å²) in [5.41, 5.74) is 0.720. The third kappa shape index (κ3) is 4.51. The van der Waals surface area contributed by atoms with Crippen LogP contribution in [-0.4, -0.2) is 26.6 Å². The molecule has 4 rings (SSSR count). The molecule has 2 heterocycles. The molecule has 1 fully saturated rings. The summed E-state index contributed by atoms with van der Waals surface area (Å²) in [6.07, 6.45) is 5.68. The SMILES string of the molecule is Cc1ncc(C(=O)Nc2cc(C(=O)Nc3ccn(CC4CC4)n3)c(F)cc2C)s1. The average Bonchev–Trinajstić information content (AvgIpc) is 3.19. The summed E-state index contributed by atoms with van der Waals surface area (Å²) in [5, 5.41) is 10.4. The fourth-order valence-corrected chi connectivity index (χ4v) is 3.58. The Morgan fingerprint density at radius 2 is 2.03 bits per heavy atom. The van der Waals surface area contributed by atoms with Crippen molar-refractivity contribution >= 4 is 34.7 Å². The Balaban J connectivity index is 1.50. The zero-order valence-electron chi connectivity index (χ0n) is 16.0. The second-order valence-corrected chi connectivity index (χ2v) is 8.40. The molecule has 0 radical (unpaired) electrons. The zero-order valence-corrected chi connectivity index (χ0v) is 16.8. The van der Waals surface area contributed by atoms with Crippen LogP contribution in [0.15, 0.2) is 30.6 Å². The van der Waals surface area contributed by atoms with E-state index in [1.54, 1.807) is 30.8 Å².